The van der Waals surface area contributed by atoms with E-state index in [9.17, 15) is 4.79 Å². The maximum Gasteiger partial charge on any atom is 0.306 e. The van der Waals surface area contributed by atoms with Crippen molar-refractivity contribution in [2.24, 2.45) is 0 Å². The number of aromatic nitrogens is 2. The fourth-order valence-corrected chi connectivity index (χ4v) is 2.46. The van der Waals surface area contributed by atoms with Crippen LogP contribution in [0, 0.1) is 0 Å². The zero-order valence-corrected chi connectivity index (χ0v) is 11.2. The standard InChI is InChI=1S/C14H8Cl2N2O/c15-10-5-6-13(12(16)7-10)18-8-9-3-1-2-4-11(9)14(19)17-18/h1-8H/p+1. The van der Waals surface area contributed by atoms with Gasteiger partial charge in [-0.05, 0) is 24.3 Å². The summed E-state index contributed by atoms with van der Waals surface area (Å²) >= 11 is 12.0. The van der Waals surface area contributed by atoms with Crippen LogP contribution in [0.2, 0.25) is 10.0 Å². The number of halogens is 2. The maximum atomic E-state index is 12.0. The predicted octanol–water partition coefficient (Wildman–Crippen LogP) is 3.11. The van der Waals surface area contributed by atoms with Gasteiger partial charge in [-0.1, -0.05) is 40.0 Å². The molecule has 0 unspecified atom stereocenters. The van der Waals surface area contributed by atoms with E-state index >= 15 is 0 Å². The van der Waals surface area contributed by atoms with Crippen LogP contribution < -0.4 is 10.2 Å². The van der Waals surface area contributed by atoms with Crippen molar-refractivity contribution < 1.29 is 4.68 Å². The van der Waals surface area contributed by atoms with E-state index in [0.717, 1.165) is 5.39 Å². The Morgan fingerprint density at radius 2 is 1.84 bits per heavy atom. The minimum atomic E-state index is -0.163. The summed E-state index contributed by atoms with van der Waals surface area (Å²) < 4.78 is 1.60. The number of H-pyrrole nitrogens is 1. The molecule has 0 aliphatic carbocycles. The minimum absolute atomic E-state index is 0.163. The molecular formula is C14H9Cl2N2O+. The molecule has 0 radical (unpaired) electrons. The lowest BCUT2D eigenvalue weighted by Gasteiger charge is -2.00. The minimum Gasteiger partial charge on any atom is -0.264 e. The molecule has 3 nitrogen and oxygen atoms in total. The summed E-state index contributed by atoms with van der Waals surface area (Å²) in [4.78, 5) is 12.0. The van der Waals surface area contributed by atoms with E-state index in [1.807, 2.05) is 24.4 Å². The Morgan fingerprint density at radius 1 is 1.05 bits per heavy atom. The van der Waals surface area contributed by atoms with E-state index in [-0.39, 0.29) is 5.56 Å². The van der Waals surface area contributed by atoms with Gasteiger partial charge in [0, 0.05) is 11.1 Å². The van der Waals surface area contributed by atoms with Gasteiger partial charge in [0.2, 0.25) is 6.20 Å². The van der Waals surface area contributed by atoms with E-state index in [2.05, 4.69) is 5.10 Å². The van der Waals surface area contributed by atoms with Crippen LogP contribution in [0.3, 0.4) is 0 Å². The molecule has 0 bridgehead atoms. The number of aromatic amines is 1. The van der Waals surface area contributed by atoms with Gasteiger partial charge in [-0.25, -0.2) is 0 Å². The van der Waals surface area contributed by atoms with E-state index in [4.69, 9.17) is 23.2 Å². The van der Waals surface area contributed by atoms with Gasteiger partial charge in [0.25, 0.3) is 5.69 Å². The van der Waals surface area contributed by atoms with Crippen molar-refractivity contribution in [1.29, 1.82) is 0 Å². The molecule has 0 aliphatic heterocycles. The first kappa shape index (κ1) is 12.2. The lowest BCUT2D eigenvalue weighted by atomic mass is 10.2. The number of nitrogens with zero attached hydrogens (tertiary/aromatic N) is 1. The number of nitrogens with one attached hydrogen (secondary N) is 1. The molecule has 0 saturated heterocycles. The fourth-order valence-electron chi connectivity index (χ4n) is 1.96. The monoisotopic (exact) mass is 291 g/mol. The van der Waals surface area contributed by atoms with Gasteiger partial charge >= 0.3 is 5.56 Å². The molecule has 0 atom stereocenters. The zero-order valence-electron chi connectivity index (χ0n) is 9.73. The van der Waals surface area contributed by atoms with Crippen LogP contribution in [0.15, 0.2) is 53.5 Å². The quantitative estimate of drug-likeness (QED) is 0.687. The number of rotatable bonds is 1. The van der Waals surface area contributed by atoms with Gasteiger partial charge in [-0.2, -0.15) is 0 Å². The van der Waals surface area contributed by atoms with Crippen LogP contribution in [0.25, 0.3) is 16.5 Å². The summed E-state index contributed by atoms with van der Waals surface area (Å²) in [5.74, 6) is 0. The Bertz CT molecular complexity index is 827. The van der Waals surface area contributed by atoms with Crippen molar-refractivity contribution in [2.45, 2.75) is 0 Å². The first-order valence-electron chi connectivity index (χ1n) is 5.64. The molecular weight excluding hydrogens is 283 g/mol. The third kappa shape index (κ3) is 2.23. The second-order valence-corrected chi connectivity index (χ2v) is 4.97. The smallest absolute Gasteiger partial charge is 0.264 e. The number of benzene rings is 2. The Labute approximate surface area is 119 Å². The van der Waals surface area contributed by atoms with Crippen molar-refractivity contribution in [3.63, 3.8) is 0 Å². The highest BCUT2D eigenvalue weighted by Crippen LogP contribution is 2.20. The molecule has 5 heteroatoms. The third-order valence-corrected chi connectivity index (χ3v) is 3.40. The molecule has 3 aromatic rings. The second kappa shape index (κ2) is 4.68. The average molecular weight is 292 g/mol. The zero-order chi connectivity index (χ0) is 13.4. The summed E-state index contributed by atoms with van der Waals surface area (Å²) in [5.41, 5.74) is 0.512. The molecule has 0 spiro atoms. The molecule has 3 rings (SSSR count). The number of hydrogen-bond donors (Lipinski definition) is 1. The lowest BCUT2D eigenvalue weighted by molar-refractivity contribution is -0.659. The van der Waals surface area contributed by atoms with Crippen molar-refractivity contribution >= 4 is 34.0 Å². The number of fused-ring (bicyclic) bond motifs is 1. The summed E-state index contributed by atoms with van der Waals surface area (Å²) in [6.45, 7) is 0. The average Bonchev–Trinajstić information content (AvgIpc) is 2.38. The third-order valence-electron chi connectivity index (χ3n) is 2.86. The van der Waals surface area contributed by atoms with Crippen LogP contribution in [0.5, 0.6) is 0 Å². The van der Waals surface area contributed by atoms with Crippen molar-refractivity contribution in [1.82, 2.24) is 5.10 Å². The van der Waals surface area contributed by atoms with Gasteiger partial charge in [-0.3, -0.25) is 4.79 Å². The van der Waals surface area contributed by atoms with Crippen molar-refractivity contribution in [3.05, 3.63) is 69.1 Å². The number of hydrogen-bond acceptors (Lipinski definition) is 1. The molecule has 0 amide bonds. The van der Waals surface area contributed by atoms with Crippen LogP contribution in [-0.2, 0) is 0 Å². The summed E-state index contributed by atoms with van der Waals surface area (Å²) in [6, 6.07) is 12.5. The molecule has 1 aromatic heterocycles. The first-order valence-corrected chi connectivity index (χ1v) is 6.40. The highest BCUT2D eigenvalue weighted by atomic mass is 35.5. The molecule has 0 saturated carbocycles. The van der Waals surface area contributed by atoms with Gasteiger partial charge < -0.3 is 0 Å². The van der Waals surface area contributed by atoms with Gasteiger partial charge in [0.15, 0.2) is 0 Å². The SMILES string of the molecule is O=c1[nH][n+](-c2ccc(Cl)cc2Cl)cc2ccccc12. The summed E-state index contributed by atoms with van der Waals surface area (Å²) in [6.07, 6.45) is 1.83. The van der Waals surface area contributed by atoms with Crippen molar-refractivity contribution in [2.75, 3.05) is 0 Å². The van der Waals surface area contributed by atoms with E-state index in [1.54, 1.807) is 28.9 Å². The van der Waals surface area contributed by atoms with Crippen LogP contribution in [0.4, 0.5) is 0 Å². The summed E-state index contributed by atoms with van der Waals surface area (Å²) in [5, 5.41) is 5.28. The van der Waals surface area contributed by atoms with Gasteiger partial charge in [-0.15, -0.1) is 5.10 Å². The van der Waals surface area contributed by atoms with E-state index < -0.39 is 0 Å². The molecule has 1 heterocycles. The molecule has 0 fully saturated rings. The van der Waals surface area contributed by atoms with E-state index in [0.29, 0.717) is 21.1 Å². The van der Waals surface area contributed by atoms with Crippen LogP contribution in [-0.4, -0.2) is 5.10 Å². The lowest BCUT2D eigenvalue weighted by Crippen LogP contribution is -2.40. The van der Waals surface area contributed by atoms with Gasteiger partial charge in [0.05, 0.1) is 10.8 Å². The Balaban J connectivity index is 2.28. The molecule has 1 N–H and O–H groups in total. The fraction of sp³-hybridized carbons (Fsp3) is 0. The largest absolute Gasteiger partial charge is 0.306 e. The van der Waals surface area contributed by atoms with Crippen LogP contribution >= 0.6 is 23.2 Å². The topological polar surface area (TPSA) is 36.7 Å². The van der Waals surface area contributed by atoms with Gasteiger partial charge in [0.1, 0.15) is 5.02 Å². The maximum absolute atomic E-state index is 12.0. The summed E-state index contributed by atoms with van der Waals surface area (Å²) in [7, 11) is 0. The Hall–Kier alpha value is -1.84. The second-order valence-electron chi connectivity index (χ2n) is 4.12. The van der Waals surface area contributed by atoms with Crippen molar-refractivity contribution in [3.8, 4) is 5.69 Å². The molecule has 94 valence electrons. The highest BCUT2D eigenvalue weighted by Gasteiger charge is 2.14. The Kier molecular flexibility index (Phi) is 3.01. The molecule has 0 aliphatic rings. The van der Waals surface area contributed by atoms with E-state index in [1.165, 1.54) is 0 Å². The van der Waals surface area contributed by atoms with Crippen LogP contribution in [0.1, 0.15) is 0 Å². The predicted molar refractivity (Wildman–Crippen MR) is 76.1 cm³/mol. The molecule has 2 aromatic carbocycles. The normalized spacial score (nSPS) is 10.8. The molecule has 19 heavy (non-hydrogen) atoms. The highest BCUT2D eigenvalue weighted by molar-refractivity contribution is 6.35. The Morgan fingerprint density at radius 3 is 2.63 bits per heavy atom. The first-order chi connectivity index (χ1) is 9.15.